The van der Waals surface area contributed by atoms with Gasteiger partial charge in [0.1, 0.15) is 0 Å². The second-order valence-electron chi connectivity index (χ2n) is 5.47. The Hall–Kier alpha value is -1.90. The van der Waals surface area contributed by atoms with Crippen molar-refractivity contribution >= 4 is 11.7 Å². The SMILES string of the molecule is C=C1CCC(CC(=O)c2ccc(C)cc2CC)C(=O)N1. The highest BCUT2D eigenvalue weighted by atomic mass is 16.2. The molecule has 1 aromatic rings. The van der Waals surface area contributed by atoms with Crippen molar-refractivity contribution in [1.82, 2.24) is 5.32 Å². The number of benzene rings is 1. The Morgan fingerprint density at radius 2 is 2.20 bits per heavy atom. The molecule has 1 unspecified atom stereocenters. The summed E-state index contributed by atoms with van der Waals surface area (Å²) in [6, 6.07) is 5.89. The first-order valence-electron chi connectivity index (χ1n) is 7.12. The number of amides is 1. The Labute approximate surface area is 120 Å². The van der Waals surface area contributed by atoms with Crippen molar-refractivity contribution in [3.8, 4) is 0 Å². The smallest absolute Gasteiger partial charge is 0.227 e. The maximum atomic E-state index is 12.4. The monoisotopic (exact) mass is 271 g/mol. The summed E-state index contributed by atoms with van der Waals surface area (Å²) < 4.78 is 0. The summed E-state index contributed by atoms with van der Waals surface area (Å²) in [6.45, 7) is 7.82. The molecule has 0 bridgehead atoms. The third-order valence-corrected chi connectivity index (χ3v) is 3.84. The van der Waals surface area contributed by atoms with Crippen LogP contribution in [0, 0.1) is 12.8 Å². The number of aryl methyl sites for hydroxylation is 2. The number of Topliss-reactive ketones (excluding diaryl/α,β-unsaturated/α-hetero) is 1. The normalized spacial score (nSPS) is 18.8. The number of rotatable bonds is 4. The Kier molecular flexibility index (Phi) is 4.38. The molecule has 1 N–H and O–H groups in total. The van der Waals surface area contributed by atoms with Gasteiger partial charge in [-0.15, -0.1) is 0 Å². The summed E-state index contributed by atoms with van der Waals surface area (Å²) in [4.78, 5) is 24.3. The predicted molar refractivity (Wildman–Crippen MR) is 79.5 cm³/mol. The van der Waals surface area contributed by atoms with Gasteiger partial charge in [0.25, 0.3) is 0 Å². The molecule has 20 heavy (non-hydrogen) atoms. The number of hydrogen-bond donors (Lipinski definition) is 1. The largest absolute Gasteiger partial charge is 0.330 e. The zero-order valence-electron chi connectivity index (χ0n) is 12.2. The van der Waals surface area contributed by atoms with E-state index in [0.29, 0.717) is 6.42 Å². The zero-order chi connectivity index (χ0) is 14.7. The lowest BCUT2D eigenvalue weighted by Crippen LogP contribution is -2.35. The maximum absolute atomic E-state index is 12.4. The lowest BCUT2D eigenvalue weighted by Gasteiger charge is -2.23. The van der Waals surface area contributed by atoms with Crippen LogP contribution in [0.15, 0.2) is 30.5 Å². The minimum atomic E-state index is -0.223. The molecule has 1 saturated heterocycles. The molecule has 0 spiro atoms. The average molecular weight is 271 g/mol. The first kappa shape index (κ1) is 14.5. The van der Waals surface area contributed by atoms with E-state index in [0.717, 1.165) is 35.2 Å². The Balaban J connectivity index is 2.12. The van der Waals surface area contributed by atoms with Crippen LogP contribution in [0.25, 0.3) is 0 Å². The van der Waals surface area contributed by atoms with Gasteiger partial charge in [0, 0.05) is 23.6 Å². The summed E-state index contributed by atoms with van der Waals surface area (Å²) in [5, 5.41) is 2.74. The molecule has 0 radical (unpaired) electrons. The first-order valence-corrected chi connectivity index (χ1v) is 7.12. The van der Waals surface area contributed by atoms with E-state index in [1.54, 1.807) is 0 Å². The molecule has 1 heterocycles. The van der Waals surface area contributed by atoms with E-state index in [4.69, 9.17) is 0 Å². The fraction of sp³-hybridized carbons (Fsp3) is 0.412. The molecule has 106 valence electrons. The molecule has 3 heteroatoms. The molecule has 0 aromatic heterocycles. The van der Waals surface area contributed by atoms with Gasteiger partial charge >= 0.3 is 0 Å². The molecule has 1 atom stereocenters. The summed E-state index contributed by atoms with van der Waals surface area (Å²) >= 11 is 0. The van der Waals surface area contributed by atoms with Gasteiger partial charge in [0.15, 0.2) is 5.78 Å². The Morgan fingerprint density at radius 3 is 2.85 bits per heavy atom. The number of allylic oxidation sites excluding steroid dienone is 1. The summed E-state index contributed by atoms with van der Waals surface area (Å²) in [6.07, 6.45) is 2.59. The molecule has 1 fully saturated rings. The molecule has 1 aliphatic rings. The van der Waals surface area contributed by atoms with Crippen LogP contribution in [0.5, 0.6) is 0 Å². The number of hydrogen-bond acceptors (Lipinski definition) is 2. The summed E-state index contributed by atoms with van der Waals surface area (Å²) in [5.74, 6) is -0.228. The van der Waals surface area contributed by atoms with Gasteiger partial charge in [0.05, 0.1) is 0 Å². The van der Waals surface area contributed by atoms with Crippen molar-refractivity contribution in [3.63, 3.8) is 0 Å². The minimum absolute atomic E-state index is 0.0644. The van der Waals surface area contributed by atoms with Gasteiger partial charge in [-0.3, -0.25) is 9.59 Å². The van der Waals surface area contributed by atoms with Crippen molar-refractivity contribution in [1.29, 1.82) is 0 Å². The molecule has 1 aromatic carbocycles. The molecular formula is C17H21NO2. The Morgan fingerprint density at radius 1 is 1.45 bits per heavy atom. The van der Waals surface area contributed by atoms with Gasteiger partial charge in [-0.2, -0.15) is 0 Å². The van der Waals surface area contributed by atoms with Crippen LogP contribution in [0.4, 0.5) is 0 Å². The molecule has 0 saturated carbocycles. The van der Waals surface area contributed by atoms with Gasteiger partial charge < -0.3 is 5.32 Å². The van der Waals surface area contributed by atoms with Crippen LogP contribution in [-0.2, 0) is 11.2 Å². The van der Waals surface area contributed by atoms with Crippen molar-refractivity contribution in [2.75, 3.05) is 0 Å². The third-order valence-electron chi connectivity index (χ3n) is 3.84. The summed E-state index contributed by atoms with van der Waals surface area (Å²) in [5.41, 5.74) is 3.74. The maximum Gasteiger partial charge on any atom is 0.227 e. The van der Waals surface area contributed by atoms with E-state index in [9.17, 15) is 9.59 Å². The molecule has 2 rings (SSSR count). The van der Waals surface area contributed by atoms with E-state index < -0.39 is 0 Å². The van der Waals surface area contributed by atoms with Gasteiger partial charge in [-0.1, -0.05) is 37.3 Å². The van der Waals surface area contributed by atoms with E-state index >= 15 is 0 Å². The molecule has 1 amide bonds. The average Bonchev–Trinajstić information content (AvgIpc) is 2.41. The van der Waals surface area contributed by atoms with Crippen molar-refractivity contribution < 1.29 is 9.59 Å². The fourth-order valence-corrected chi connectivity index (χ4v) is 2.63. The van der Waals surface area contributed by atoms with Gasteiger partial charge in [-0.05, 0) is 31.7 Å². The van der Waals surface area contributed by atoms with Crippen LogP contribution in [0.1, 0.15) is 47.7 Å². The number of nitrogens with one attached hydrogen (secondary N) is 1. The first-order chi connectivity index (χ1) is 9.51. The highest BCUT2D eigenvalue weighted by molar-refractivity contribution is 6.00. The van der Waals surface area contributed by atoms with Crippen LogP contribution in [0.2, 0.25) is 0 Å². The highest BCUT2D eigenvalue weighted by Gasteiger charge is 2.27. The standard InChI is InChI=1S/C17H21NO2/c1-4-13-9-11(2)5-8-15(13)16(19)10-14-7-6-12(3)18-17(14)20/h5,8-9,14H,3-4,6-7,10H2,1-2H3,(H,18,20). The number of ketones is 1. The lowest BCUT2D eigenvalue weighted by molar-refractivity contribution is -0.125. The summed E-state index contributed by atoms with van der Waals surface area (Å²) in [7, 11) is 0. The molecule has 3 nitrogen and oxygen atoms in total. The van der Waals surface area contributed by atoms with Crippen LogP contribution >= 0.6 is 0 Å². The van der Waals surface area contributed by atoms with E-state index in [-0.39, 0.29) is 24.0 Å². The van der Waals surface area contributed by atoms with Crippen molar-refractivity contribution in [3.05, 3.63) is 47.2 Å². The van der Waals surface area contributed by atoms with Crippen LogP contribution in [-0.4, -0.2) is 11.7 Å². The van der Waals surface area contributed by atoms with Crippen molar-refractivity contribution in [2.45, 2.75) is 39.5 Å². The van der Waals surface area contributed by atoms with Crippen molar-refractivity contribution in [2.24, 2.45) is 5.92 Å². The molecule has 1 aliphatic heterocycles. The van der Waals surface area contributed by atoms with Gasteiger partial charge in [0.2, 0.25) is 5.91 Å². The van der Waals surface area contributed by atoms with Crippen LogP contribution in [0.3, 0.4) is 0 Å². The minimum Gasteiger partial charge on any atom is -0.330 e. The number of piperidine rings is 1. The predicted octanol–water partition coefficient (Wildman–Crippen LogP) is 3.17. The number of carbonyl (C=O) groups is 2. The topological polar surface area (TPSA) is 46.2 Å². The second-order valence-corrected chi connectivity index (χ2v) is 5.47. The van der Waals surface area contributed by atoms with Crippen LogP contribution < -0.4 is 5.32 Å². The lowest BCUT2D eigenvalue weighted by atomic mass is 9.88. The third kappa shape index (κ3) is 3.16. The zero-order valence-corrected chi connectivity index (χ0v) is 12.2. The quantitative estimate of drug-likeness (QED) is 0.855. The highest BCUT2D eigenvalue weighted by Crippen LogP contribution is 2.23. The molecule has 0 aliphatic carbocycles. The van der Waals surface area contributed by atoms with E-state index in [2.05, 4.69) is 18.0 Å². The molecular weight excluding hydrogens is 250 g/mol. The number of carbonyl (C=O) groups excluding carboxylic acids is 2. The fourth-order valence-electron chi connectivity index (χ4n) is 2.63. The Bertz CT molecular complexity index is 560. The van der Waals surface area contributed by atoms with Gasteiger partial charge in [-0.25, -0.2) is 0 Å². The van der Waals surface area contributed by atoms with E-state index in [1.807, 2.05) is 26.0 Å². The van der Waals surface area contributed by atoms with E-state index in [1.165, 1.54) is 0 Å². The second kappa shape index (κ2) is 6.04.